The van der Waals surface area contributed by atoms with Crippen molar-refractivity contribution in [2.45, 2.75) is 25.3 Å². The lowest BCUT2D eigenvalue weighted by Crippen LogP contribution is -2.66. The lowest BCUT2D eigenvalue weighted by atomic mass is 9.97. The predicted octanol–water partition coefficient (Wildman–Crippen LogP) is 0.318. The number of esters is 1. The van der Waals surface area contributed by atoms with Gasteiger partial charge in [0.2, 0.25) is 0 Å². The summed E-state index contributed by atoms with van der Waals surface area (Å²) in [4.78, 5) is 11.6. The van der Waals surface area contributed by atoms with Crippen LogP contribution in [0.25, 0.3) is 0 Å². The highest BCUT2D eigenvalue weighted by Crippen LogP contribution is 2.29. The topological polar surface area (TPSA) is 47.6 Å². The van der Waals surface area contributed by atoms with E-state index in [0.717, 1.165) is 12.5 Å². The van der Waals surface area contributed by atoms with E-state index in [4.69, 9.17) is 9.47 Å². The molecule has 1 N–H and O–H groups in total. The Balaban J connectivity index is 1.83. The van der Waals surface area contributed by atoms with Crippen LogP contribution in [0.2, 0.25) is 0 Å². The van der Waals surface area contributed by atoms with Crippen LogP contribution in [0.1, 0.15) is 19.8 Å². The highest BCUT2D eigenvalue weighted by Gasteiger charge is 2.47. The van der Waals surface area contributed by atoms with Gasteiger partial charge in [0, 0.05) is 0 Å². The number of hydrogen-bond acceptors (Lipinski definition) is 4. The average molecular weight is 199 g/mol. The van der Waals surface area contributed by atoms with Crippen LogP contribution < -0.4 is 5.32 Å². The minimum absolute atomic E-state index is 0.160. The molecule has 80 valence electrons. The van der Waals surface area contributed by atoms with E-state index in [0.29, 0.717) is 19.8 Å². The van der Waals surface area contributed by atoms with E-state index in [-0.39, 0.29) is 5.97 Å². The van der Waals surface area contributed by atoms with Crippen molar-refractivity contribution in [2.24, 2.45) is 5.92 Å². The minimum atomic E-state index is -0.529. The third-order valence-corrected chi connectivity index (χ3v) is 2.79. The van der Waals surface area contributed by atoms with E-state index in [2.05, 4.69) is 5.32 Å². The van der Waals surface area contributed by atoms with Gasteiger partial charge in [-0.1, -0.05) is 0 Å². The van der Waals surface area contributed by atoms with Crippen molar-refractivity contribution in [1.29, 1.82) is 0 Å². The summed E-state index contributed by atoms with van der Waals surface area (Å²) in [5.41, 5.74) is -0.529. The predicted molar refractivity (Wildman–Crippen MR) is 50.9 cm³/mol. The molecular formula is C10H17NO3. The molecule has 1 saturated carbocycles. The summed E-state index contributed by atoms with van der Waals surface area (Å²) in [5, 5.41) is 3.28. The molecule has 0 amide bonds. The van der Waals surface area contributed by atoms with E-state index in [9.17, 15) is 4.79 Å². The lowest BCUT2D eigenvalue weighted by molar-refractivity contribution is -0.172. The molecule has 1 heterocycles. The summed E-state index contributed by atoms with van der Waals surface area (Å²) in [5.74, 6) is 0.605. The van der Waals surface area contributed by atoms with Gasteiger partial charge in [0.05, 0.1) is 19.8 Å². The number of rotatable bonds is 5. The number of hydrogen-bond donors (Lipinski definition) is 1. The van der Waals surface area contributed by atoms with Gasteiger partial charge >= 0.3 is 5.97 Å². The minimum Gasteiger partial charge on any atom is -0.464 e. The van der Waals surface area contributed by atoms with E-state index < -0.39 is 5.54 Å². The summed E-state index contributed by atoms with van der Waals surface area (Å²) >= 11 is 0. The Morgan fingerprint density at radius 1 is 1.57 bits per heavy atom. The van der Waals surface area contributed by atoms with Crippen LogP contribution in [0.15, 0.2) is 0 Å². The Kier molecular flexibility index (Phi) is 2.74. The molecule has 0 atom stereocenters. The van der Waals surface area contributed by atoms with Crippen molar-refractivity contribution < 1.29 is 14.3 Å². The van der Waals surface area contributed by atoms with Crippen LogP contribution in [-0.4, -0.2) is 37.9 Å². The first-order chi connectivity index (χ1) is 6.77. The van der Waals surface area contributed by atoms with Gasteiger partial charge in [-0.05, 0) is 32.2 Å². The van der Waals surface area contributed by atoms with Crippen LogP contribution in [0.5, 0.6) is 0 Å². The van der Waals surface area contributed by atoms with Gasteiger partial charge in [0.25, 0.3) is 0 Å². The maximum absolute atomic E-state index is 11.6. The number of carbonyl (C=O) groups is 1. The van der Waals surface area contributed by atoms with Gasteiger partial charge < -0.3 is 9.47 Å². The van der Waals surface area contributed by atoms with Crippen LogP contribution in [0.4, 0.5) is 0 Å². The molecule has 1 saturated heterocycles. The zero-order chi connectivity index (χ0) is 10.0. The highest BCUT2D eigenvalue weighted by molar-refractivity contribution is 5.82. The van der Waals surface area contributed by atoms with Gasteiger partial charge in [-0.25, -0.2) is 4.79 Å². The third-order valence-electron chi connectivity index (χ3n) is 2.79. The molecule has 1 aliphatic carbocycles. The zero-order valence-electron chi connectivity index (χ0n) is 8.54. The second kappa shape index (κ2) is 3.87. The average Bonchev–Trinajstić information content (AvgIpc) is 2.86. The van der Waals surface area contributed by atoms with E-state index >= 15 is 0 Å². The standard InChI is InChI=1S/C10H17NO3/c1-2-14-9(12)10(6-13-7-10)11-5-8-3-4-8/h8,11H,2-7H2,1H3. The van der Waals surface area contributed by atoms with E-state index in [1.165, 1.54) is 12.8 Å². The van der Waals surface area contributed by atoms with Crippen molar-refractivity contribution in [3.05, 3.63) is 0 Å². The Bertz CT molecular complexity index is 221. The maximum atomic E-state index is 11.6. The summed E-state index contributed by atoms with van der Waals surface area (Å²) < 4.78 is 10.1. The van der Waals surface area contributed by atoms with Gasteiger partial charge in [-0.3, -0.25) is 5.32 Å². The Labute approximate surface area is 84.0 Å². The number of carbonyl (C=O) groups excluding carboxylic acids is 1. The van der Waals surface area contributed by atoms with Crippen LogP contribution in [-0.2, 0) is 14.3 Å². The molecule has 2 aliphatic rings. The molecule has 2 fully saturated rings. The quantitative estimate of drug-likeness (QED) is 0.648. The monoisotopic (exact) mass is 199 g/mol. The Morgan fingerprint density at radius 3 is 2.71 bits per heavy atom. The van der Waals surface area contributed by atoms with Gasteiger partial charge in [0.1, 0.15) is 0 Å². The molecule has 0 bridgehead atoms. The Morgan fingerprint density at radius 2 is 2.29 bits per heavy atom. The van der Waals surface area contributed by atoms with Crippen LogP contribution in [0.3, 0.4) is 0 Å². The largest absolute Gasteiger partial charge is 0.464 e. The van der Waals surface area contributed by atoms with Gasteiger partial charge in [0.15, 0.2) is 5.54 Å². The molecule has 0 aromatic rings. The second-order valence-corrected chi connectivity index (χ2v) is 4.12. The van der Waals surface area contributed by atoms with E-state index in [1.54, 1.807) is 0 Å². The summed E-state index contributed by atoms with van der Waals surface area (Å²) in [6.45, 7) is 4.09. The number of nitrogens with one attached hydrogen (secondary N) is 1. The molecule has 0 aromatic heterocycles. The fourth-order valence-corrected chi connectivity index (χ4v) is 1.53. The molecule has 0 radical (unpaired) electrons. The smallest absolute Gasteiger partial charge is 0.331 e. The van der Waals surface area contributed by atoms with Crippen molar-refractivity contribution in [1.82, 2.24) is 5.32 Å². The van der Waals surface area contributed by atoms with Crippen molar-refractivity contribution in [2.75, 3.05) is 26.4 Å². The summed E-state index contributed by atoms with van der Waals surface area (Å²) in [6.07, 6.45) is 2.57. The highest BCUT2D eigenvalue weighted by atomic mass is 16.6. The number of ether oxygens (including phenoxy) is 2. The first-order valence-corrected chi connectivity index (χ1v) is 5.27. The zero-order valence-corrected chi connectivity index (χ0v) is 8.54. The molecule has 0 spiro atoms. The van der Waals surface area contributed by atoms with Crippen LogP contribution >= 0.6 is 0 Å². The fourth-order valence-electron chi connectivity index (χ4n) is 1.53. The summed E-state index contributed by atoms with van der Waals surface area (Å²) in [7, 11) is 0. The van der Waals surface area contributed by atoms with Crippen LogP contribution in [0, 0.1) is 5.92 Å². The molecular weight excluding hydrogens is 182 g/mol. The van der Waals surface area contributed by atoms with Crippen molar-refractivity contribution in [3.8, 4) is 0 Å². The molecule has 2 rings (SSSR count). The van der Waals surface area contributed by atoms with Crippen molar-refractivity contribution in [3.63, 3.8) is 0 Å². The SMILES string of the molecule is CCOC(=O)C1(NCC2CC2)COC1. The molecule has 4 nitrogen and oxygen atoms in total. The van der Waals surface area contributed by atoms with Gasteiger partial charge in [-0.2, -0.15) is 0 Å². The first kappa shape index (κ1) is 9.93. The third kappa shape index (κ3) is 1.91. The Hall–Kier alpha value is -0.610. The normalized spacial score (nSPS) is 24.1. The first-order valence-electron chi connectivity index (χ1n) is 5.27. The lowest BCUT2D eigenvalue weighted by Gasteiger charge is -2.39. The second-order valence-electron chi connectivity index (χ2n) is 4.12. The molecule has 1 aliphatic heterocycles. The molecule has 14 heavy (non-hydrogen) atoms. The molecule has 0 aromatic carbocycles. The van der Waals surface area contributed by atoms with Crippen molar-refractivity contribution >= 4 is 5.97 Å². The fraction of sp³-hybridized carbons (Fsp3) is 0.900. The van der Waals surface area contributed by atoms with Gasteiger partial charge in [-0.15, -0.1) is 0 Å². The maximum Gasteiger partial charge on any atom is 0.331 e. The summed E-state index contributed by atoms with van der Waals surface area (Å²) in [6, 6.07) is 0. The molecule has 0 unspecified atom stereocenters. The molecule has 4 heteroatoms. The van der Waals surface area contributed by atoms with E-state index in [1.807, 2.05) is 6.92 Å².